The molecule has 4 N–H and O–H groups in total. The van der Waals surface area contributed by atoms with E-state index in [1.807, 2.05) is 6.92 Å². The zero-order valence-corrected chi connectivity index (χ0v) is 7.92. The zero-order chi connectivity index (χ0) is 9.78. The fourth-order valence-electron chi connectivity index (χ4n) is 0.651. The number of amides is 1. The van der Waals surface area contributed by atoms with E-state index in [9.17, 15) is 4.79 Å². The molecule has 4 nitrogen and oxygen atoms in total. The Balaban J connectivity index is 4.00. The number of carbonyl (C=O) groups excluding carboxylic acids is 1. The van der Waals surface area contributed by atoms with Crippen molar-refractivity contribution in [2.45, 2.75) is 38.8 Å². The maximum absolute atomic E-state index is 11.2. The van der Waals surface area contributed by atoms with E-state index in [1.165, 1.54) is 0 Å². The fourth-order valence-corrected chi connectivity index (χ4v) is 0.651. The minimum Gasteiger partial charge on any atom is -0.394 e. The summed E-state index contributed by atoms with van der Waals surface area (Å²) in [6, 6.07) is -0.476. The van der Waals surface area contributed by atoms with Crippen LogP contribution in [0.3, 0.4) is 0 Å². The average molecular weight is 174 g/mol. The molecule has 0 aromatic rings. The Labute approximate surface area is 73.1 Å². The predicted octanol–water partition coefficient (Wildman–Crippen LogP) is -0.389. The number of aliphatic hydroxyl groups is 1. The van der Waals surface area contributed by atoms with Crippen molar-refractivity contribution in [1.82, 2.24) is 5.32 Å². The standard InChI is InChI=1S/C8H18N2O2/c1-4-6(9)7(12)10-8(2,3)5-11/h6,11H,4-5,9H2,1-3H3,(H,10,12). The van der Waals surface area contributed by atoms with Crippen molar-refractivity contribution in [2.24, 2.45) is 5.73 Å². The normalized spacial score (nSPS) is 14.1. The molecular formula is C8H18N2O2. The van der Waals surface area contributed by atoms with Crippen LogP contribution in [-0.4, -0.2) is 29.2 Å². The van der Waals surface area contributed by atoms with E-state index >= 15 is 0 Å². The van der Waals surface area contributed by atoms with Gasteiger partial charge in [-0.15, -0.1) is 0 Å². The van der Waals surface area contributed by atoms with E-state index < -0.39 is 11.6 Å². The lowest BCUT2D eigenvalue weighted by Gasteiger charge is -2.25. The Bertz CT molecular complexity index is 157. The molecule has 1 unspecified atom stereocenters. The van der Waals surface area contributed by atoms with E-state index in [0.29, 0.717) is 6.42 Å². The number of hydrogen-bond acceptors (Lipinski definition) is 3. The van der Waals surface area contributed by atoms with Crippen LogP contribution in [0.2, 0.25) is 0 Å². The van der Waals surface area contributed by atoms with Crippen LogP contribution in [0.4, 0.5) is 0 Å². The van der Waals surface area contributed by atoms with E-state index in [-0.39, 0.29) is 12.5 Å². The molecule has 0 aromatic heterocycles. The smallest absolute Gasteiger partial charge is 0.237 e. The van der Waals surface area contributed by atoms with Crippen molar-refractivity contribution in [2.75, 3.05) is 6.61 Å². The third-order valence-electron chi connectivity index (χ3n) is 1.63. The molecule has 0 radical (unpaired) electrons. The monoisotopic (exact) mass is 174 g/mol. The number of nitrogens with one attached hydrogen (secondary N) is 1. The van der Waals surface area contributed by atoms with Gasteiger partial charge in [0.25, 0.3) is 0 Å². The van der Waals surface area contributed by atoms with Gasteiger partial charge in [-0.1, -0.05) is 6.92 Å². The van der Waals surface area contributed by atoms with Crippen LogP contribution >= 0.6 is 0 Å². The zero-order valence-electron chi connectivity index (χ0n) is 7.92. The van der Waals surface area contributed by atoms with Crippen LogP contribution in [0.25, 0.3) is 0 Å². The van der Waals surface area contributed by atoms with Gasteiger partial charge in [0.2, 0.25) is 5.91 Å². The lowest BCUT2D eigenvalue weighted by molar-refractivity contribution is -0.124. The minimum absolute atomic E-state index is 0.0881. The number of rotatable bonds is 4. The van der Waals surface area contributed by atoms with E-state index in [4.69, 9.17) is 10.8 Å². The Kier molecular flexibility index (Phi) is 4.20. The summed E-state index contributed by atoms with van der Waals surface area (Å²) in [6.07, 6.45) is 0.605. The highest BCUT2D eigenvalue weighted by molar-refractivity contribution is 5.82. The molecule has 0 saturated heterocycles. The first-order valence-corrected chi connectivity index (χ1v) is 4.11. The van der Waals surface area contributed by atoms with Crippen molar-refractivity contribution in [3.8, 4) is 0 Å². The number of hydrogen-bond donors (Lipinski definition) is 3. The molecule has 0 heterocycles. The minimum atomic E-state index is -0.579. The summed E-state index contributed by atoms with van der Waals surface area (Å²) in [4.78, 5) is 11.2. The van der Waals surface area contributed by atoms with Gasteiger partial charge in [0.1, 0.15) is 0 Å². The first-order valence-electron chi connectivity index (χ1n) is 4.11. The third kappa shape index (κ3) is 3.69. The number of nitrogens with two attached hydrogens (primary N) is 1. The highest BCUT2D eigenvalue weighted by Gasteiger charge is 2.21. The quantitative estimate of drug-likeness (QED) is 0.543. The molecule has 0 saturated carbocycles. The Hall–Kier alpha value is -0.610. The lowest BCUT2D eigenvalue weighted by Crippen LogP contribution is -2.52. The first-order chi connectivity index (χ1) is 5.43. The second kappa shape index (κ2) is 4.42. The number of aliphatic hydroxyl groups excluding tert-OH is 1. The van der Waals surface area contributed by atoms with E-state index in [0.717, 1.165) is 0 Å². The topological polar surface area (TPSA) is 75.4 Å². The maximum atomic E-state index is 11.2. The van der Waals surface area contributed by atoms with Gasteiger partial charge in [0.05, 0.1) is 18.2 Å². The molecule has 0 aliphatic rings. The van der Waals surface area contributed by atoms with Gasteiger partial charge in [-0.25, -0.2) is 0 Å². The third-order valence-corrected chi connectivity index (χ3v) is 1.63. The van der Waals surface area contributed by atoms with Gasteiger partial charge < -0.3 is 16.2 Å². The molecule has 0 aromatic carbocycles. The van der Waals surface area contributed by atoms with E-state index in [1.54, 1.807) is 13.8 Å². The molecule has 0 spiro atoms. The lowest BCUT2D eigenvalue weighted by atomic mass is 10.1. The summed E-state index contributed by atoms with van der Waals surface area (Å²) in [5.41, 5.74) is 4.91. The van der Waals surface area contributed by atoms with Gasteiger partial charge in [0, 0.05) is 0 Å². The fraction of sp³-hybridized carbons (Fsp3) is 0.875. The Morgan fingerprint density at radius 2 is 2.17 bits per heavy atom. The summed E-state index contributed by atoms with van der Waals surface area (Å²) in [5.74, 6) is -0.212. The van der Waals surface area contributed by atoms with Gasteiger partial charge in [-0.3, -0.25) is 4.79 Å². The van der Waals surface area contributed by atoms with E-state index in [2.05, 4.69) is 5.32 Å². The highest BCUT2D eigenvalue weighted by atomic mass is 16.3. The van der Waals surface area contributed by atoms with Crippen LogP contribution in [0.15, 0.2) is 0 Å². The van der Waals surface area contributed by atoms with Crippen LogP contribution in [-0.2, 0) is 4.79 Å². The van der Waals surface area contributed by atoms with Crippen molar-refractivity contribution in [3.63, 3.8) is 0 Å². The highest BCUT2D eigenvalue weighted by Crippen LogP contribution is 2.00. The maximum Gasteiger partial charge on any atom is 0.237 e. The summed E-state index contributed by atoms with van der Waals surface area (Å²) in [5, 5.41) is 11.5. The number of carbonyl (C=O) groups is 1. The molecule has 0 rings (SSSR count). The van der Waals surface area contributed by atoms with Crippen molar-refractivity contribution >= 4 is 5.91 Å². The Morgan fingerprint density at radius 3 is 2.50 bits per heavy atom. The molecule has 4 heteroatoms. The SMILES string of the molecule is CCC(N)C(=O)NC(C)(C)CO. The molecule has 0 bridgehead atoms. The van der Waals surface area contributed by atoms with Crippen molar-refractivity contribution in [3.05, 3.63) is 0 Å². The second-order valence-corrected chi connectivity index (χ2v) is 3.55. The molecule has 0 aliphatic heterocycles. The molecule has 0 aliphatic carbocycles. The molecular weight excluding hydrogens is 156 g/mol. The molecule has 0 fully saturated rings. The molecule has 72 valence electrons. The summed E-state index contributed by atoms with van der Waals surface area (Å²) in [7, 11) is 0. The van der Waals surface area contributed by atoms with Crippen molar-refractivity contribution < 1.29 is 9.90 Å². The Morgan fingerprint density at radius 1 is 1.67 bits per heavy atom. The summed E-state index contributed by atoms with van der Waals surface area (Å²) >= 11 is 0. The van der Waals surface area contributed by atoms with Crippen LogP contribution in [0, 0.1) is 0 Å². The van der Waals surface area contributed by atoms with Crippen LogP contribution in [0.5, 0.6) is 0 Å². The first kappa shape index (κ1) is 11.4. The van der Waals surface area contributed by atoms with Crippen molar-refractivity contribution in [1.29, 1.82) is 0 Å². The van der Waals surface area contributed by atoms with Gasteiger partial charge in [-0.05, 0) is 20.3 Å². The van der Waals surface area contributed by atoms with Gasteiger partial charge in [0.15, 0.2) is 0 Å². The second-order valence-electron chi connectivity index (χ2n) is 3.55. The summed E-state index contributed by atoms with van der Waals surface area (Å²) < 4.78 is 0. The largest absolute Gasteiger partial charge is 0.394 e. The predicted molar refractivity (Wildman–Crippen MR) is 47.6 cm³/mol. The summed E-state index contributed by atoms with van der Waals surface area (Å²) in [6.45, 7) is 5.24. The van der Waals surface area contributed by atoms with Gasteiger partial charge in [-0.2, -0.15) is 0 Å². The molecule has 1 amide bonds. The van der Waals surface area contributed by atoms with Gasteiger partial charge >= 0.3 is 0 Å². The molecule has 12 heavy (non-hydrogen) atoms. The van der Waals surface area contributed by atoms with Crippen LogP contribution in [0.1, 0.15) is 27.2 Å². The van der Waals surface area contributed by atoms with Crippen LogP contribution < -0.4 is 11.1 Å². The molecule has 1 atom stereocenters. The average Bonchev–Trinajstić information content (AvgIpc) is 2.02.